The number of hydrogen-bond acceptors (Lipinski definition) is 4. The van der Waals surface area contributed by atoms with Crippen LogP contribution in [0.3, 0.4) is 0 Å². The van der Waals surface area contributed by atoms with Crippen LogP contribution in [-0.2, 0) is 25.8 Å². The van der Waals surface area contributed by atoms with Gasteiger partial charge < -0.3 is 4.55 Å². The van der Waals surface area contributed by atoms with Crippen molar-refractivity contribution in [3.05, 3.63) is 5.41 Å². The molecule has 1 fully saturated rings. The van der Waals surface area contributed by atoms with E-state index in [-0.39, 0.29) is 10.9 Å². The molecular formula is C11H17F3O4S2. The number of rotatable bonds is 4. The highest BCUT2D eigenvalue weighted by molar-refractivity contribution is 8.00. The van der Waals surface area contributed by atoms with Crippen molar-refractivity contribution in [2.24, 2.45) is 0 Å². The average Bonchev–Trinajstić information content (AvgIpc) is 2.72. The van der Waals surface area contributed by atoms with Gasteiger partial charge in [0.15, 0.2) is 16.1 Å². The minimum Gasteiger partial charge on any atom is -0.741 e. The molecule has 1 rings (SSSR count). The van der Waals surface area contributed by atoms with Crippen molar-refractivity contribution < 1.29 is 30.9 Å². The Balaban J connectivity index is 0.000000396. The maximum absolute atomic E-state index is 10.7. The van der Waals surface area contributed by atoms with Gasteiger partial charge in [0.05, 0.1) is 0 Å². The molecule has 0 aromatic rings. The van der Waals surface area contributed by atoms with Gasteiger partial charge in [0, 0.05) is 10.9 Å². The molecule has 1 heterocycles. The van der Waals surface area contributed by atoms with Gasteiger partial charge in [-0.05, 0) is 25.7 Å². The summed E-state index contributed by atoms with van der Waals surface area (Å²) in [7, 11) is -5.81. The molecule has 1 aliphatic heterocycles. The molecule has 0 amide bonds. The van der Waals surface area contributed by atoms with Crippen LogP contribution in [0, 0.1) is 0 Å². The first-order valence-electron chi connectivity index (χ1n) is 6.05. The average molecular weight is 334 g/mol. The van der Waals surface area contributed by atoms with Crippen LogP contribution in [0.25, 0.3) is 0 Å². The summed E-state index contributed by atoms with van der Waals surface area (Å²) in [6.45, 7) is 2.22. The Hall–Kier alpha value is -0.500. The highest BCUT2D eigenvalue weighted by atomic mass is 32.2. The van der Waals surface area contributed by atoms with Crippen LogP contribution >= 0.6 is 0 Å². The van der Waals surface area contributed by atoms with Crippen LogP contribution in [0.15, 0.2) is 5.41 Å². The molecule has 2 unspecified atom stereocenters. The molecule has 1 saturated heterocycles. The highest BCUT2D eigenvalue weighted by Crippen LogP contribution is 2.27. The predicted octanol–water partition coefficient (Wildman–Crippen LogP) is 2.35. The molecule has 0 aliphatic carbocycles. The van der Waals surface area contributed by atoms with Crippen molar-refractivity contribution in [1.82, 2.24) is 0 Å². The molecule has 0 aromatic carbocycles. The SMILES string of the molecule is CCCCC1CCC[S+]1C=C=O.O=S(=O)([O-])C(F)(F)F. The number of carbonyl (C=O) groups excluding carboxylic acids is 1. The van der Waals surface area contributed by atoms with E-state index in [1.807, 2.05) is 5.94 Å². The lowest BCUT2D eigenvalue weighted by molar-refractivity contribution is -0.0517. The summed E-state index contributed by atoms with van der Waals surface area (Å²) in [5, 5.41) is 2.58. The molecule has 2 atom stereocenters. The second-order valence-electron chi connectivity index (χ2n) is 4.22. The topological polar surface area (TPSA) is 74.3 Å². The first-order chi connectivity index (χ1) is 9.13. The second-order valence-corrected chi connectivity index (χ2v) is 7.84. The first-order valence-corrected chi connectivity index (χ1v) is 8.98. The van der Waals surface area contributed by atoms with Gasteiger partial charge in [-0.15, -0.1) is 0 Å². The fourth-order valence-electron chi connectivity index (χ4n) is 1.74. The monoisotopic (exact) mass is 334 g/mol. The maximum atomic E-state index is 10.7. The Labute approximate surface area is 119 Å². The second kappa shape index (κ2) is 8.71. The molecule has 0 spiro atoms. The molecule has 0 aromatic heterocycles. The fraction of sp³-hybridized carbons (Fsp3) is 0.818. The summed E-state index contributed by atoms with van der Waals surface area (Å²) < 4.78 is 58.9. The van der Waals surface area contributed by atoms with Gasteiger partial charge in [-0.2, -0.15) is 13.2 Å². The lowest BCUT2D eigenvalue weighted by Gasteiger charge is -2.08. The lowest BCUT2D eigenvalue weighted by atomic mass is 10.1. The van der Waals surface area contributed by atoms with Crippen molar-refractivity contribution in [2.75, 3.05) is 5.75 Å². The lowest BCUT2D eigenvalue weighted by Crippen LogP contribution is -2.21. The summed E-state index contributed by atoms with van der Waals surface area (Å²) in [6.07, 6.45) is 6.56. The van der Waals surface area contributed by atoms with Gasteiger partial charge in [0.2, 0.25) is 5.41 Å². The summed E-state index contributed by atoms with van der Waals surface area (Å²) in [5.74, 6) is 3.19. The van der Waals surface area contributed by atoms with Crippen LogP contribution in [0.1, 0.15) is 39.0 Å². The normalized spacial score (nSPS) is 22.6. The van der Waals surface area contributed by atoms with Gasteiger partial charge in [0.1, 0.15) is 11.0 Å². The van der Waals surface area contributed by atoms with Crippen LogP contribution in [0.4, 0.5) is 13.2 Å². The van der Waals surface area contributed by atoms with Crippen molar-refractivity contribution in [2.45, 2.75) is 49.8 Å². The third-order valence-electron chi connectivity index (χ3n) is 2.70. The Morgan fingerprint density at radius 1 is 1.45 bits per heavy atom. The minimum absolute atomic E-state index is 0.285. The van der Waals surface area contributed by atoms with Crippen LogP contribution in [-0.4, -0.2) is 35.4 Å². The molecule has 118 valence electrons. The highest BCUT2D eigenvalue weighted by Gasteiger charge is 2.37. The molecular weight excluding hydrogens is 317 g/mol. The number of unbranched alkanes of at least 4 members (excludes halogenated alkanes) is 1. The van der Waals surface area contributed by atoms with Crippen molar-refractivity contribution in [3.8, 4) is 0 Å². The van der Waals surface area contributed by atoms with Crippen LogP contribution in [0.2, 0.25) is 0 Å². The predicted molar refractivity (Wildman–Crippen MR) is 70.8 cm³/mol. The third kappa shape index (κ3) is 7.33. The third-order valence-corrected chi connectivity index (χ3v) is 5.75. The Bertz CT molecular complexity index is 427. The van der Waals surface area contributed by atoms with Crippen LogP contribution < -0.4 is 0 Å². The van der Waals surface area contributed by atoms with E-state index in [2.05, 4.69) is 6.92 Å². The molecule has 1 aliphatic rings. The van der Waals surface area contributed by atoms with Crippen molar-refractivity contribution in [1.29, 1.82) is 0 Å². The van der Waals surface area contributed by atoms with Crippen LogP contribution in [0.5, 0.6) is 0 Å². The van der Waals surface area contributed by atoms with Gasteiger partial charge in [0.25, 0.3) is 0 Å². The van der Waals surface area contributed by atoms with Gasteiger partial charge >= 0.3 is 5.51 Å². The molecule has 0 saturated carbocycles. The van der Waals surface area contributed by atoms with E-state index in [4.69, 9.17) is 13.0 Å². The number of alkyl halides is 3. The Kier molecular flexibility index (Phi) is 8.50. The standard InChI is InChI=1S/C10H17OS.CHF3O3S/c1-2-3-5-10-6-4-8-12(10)9-7-11;2-1(3,4)8(5,6)7/h9-10H,2-6,8H2,1H3;(H,5,6,7)/q+1;/p-1. The molecule has 9 heteroatoms. The van der Waals surface area contributed by atoms with Gasteiger partial charge in [-0.25, -0.2) is 13.2 Å². The summed E-state index contributed by atoms with van der Waals surface area (Å²) >= 11 is 0. The molecule has 0 bridgehead atoms. The molecule has 20 heavy (non-hydrogen) atoms. The Morgan fingerprint density at radius 3 is 2.40 bits per heavy atom. The molecule has 0 N–H and O–H groups in total. The first kappa shape index (κ1) is 19.5. The van der Waals surface area contributed by atoms with Gasteiger partial charge in [-0.3, -0.25) is 0 Å². The smallest absolute Gasteiger partial charge is 0.485 e. The van der Waals surface area contributed by atoms with E-state index < -0.39 is 15.6 Å². The number of hydrogen-bond donors (Lipinski definition) is 0. The Morgan fingerprint density at radius 2 is 2.00 bits per heavy atom. The molecule has 4 nitrogen and oxygen atoms in total. The quantitative estimate of drug-likeness (QED) is 0.342. The number of halogens is 3. The molecule has 0 radical (unpaired) electrons. The zero-order valence-electron chi connectivity index (χ0n) is 11.0. The summed E-state index contributed by atoms with van der Waals surface area (Å²) in [5.41, 5.74) is -5.65. The van der Waals surface area contributed by atoms with E-state index in [1.54, 1.807) is 5.41 Å². The summed E-state index contributed by atoms with van der Waals surface area (Å²) in [6, 6.07) is 0. The van der Waals surface area contributed by atoms with Crippen molar-refractivity contribution in [3.63, 3.8) is 0 Å². The van der Waals surface area contributed by atoms with Crippen molar-refractivity contribution >= 4 is 27.0 Å². The largest absolute Gasteiger partial charge is 0.741 e. The van der Waals surface area contributed by atoms with E-state index in [0.717, 1.165) is 5.25 Å². The van der Waals surface area contributed by atoms with E-state index in [0.29, 0.717) is 0 Å². The zero-order valence-corrected chi connectivity index (χ0v) is 12.6. The van der Waals surface area contributed by atoms with E-state index in [9.17, 15) is 18.0 Å². The van der Waals surface area contributed by atoms with Gasteiger partial charge in [-0.1, -0.05) is 13.3 Å². The summed E-state index contributed by atoms with van der Waals surface area (Å²) in [4.78, 5) is 10.2. The fourth-order valence-corrected chi connectivity index (χ4v) is 3.95. The van der Waals surface area contributed by atoms with E-state index in [1.165, 1.54) is 37.9 Å². The minimum atomic E-state index is -6.09. The zero-order chi connectivity index (χ0) is 15.8. The maximum Gasteiger partial charge on any atom is 0.485 e. The van der Waals surface area contributed by atoms with E-state index >= 15 is 0 Å².